The van der Waals surface area contributed by atoms with Gasteiger partial charge in [0.15, 0.2) is 0 Å². The van der Waals surface area contributed by atoms with E-state index in [-0.39, 0.29) is 30.0 Å². The Morgan fingerprint density at radius 1 is 1.21 bits per heavy atom. The summed E-state index contributed by atoms with van der Waals surface area (Å²) in [5.41, 5.74) is 1.96. The van der Waals surface area contributed by atoms with Gasteiger partial charge in [-0.15, -0.1) is 0 Å². The number of fused-ring (bicyclic) bond motifs is 4. The summed E-state index contributed by atoms with van der Waals surface area (Å²) in [4.78, 5) is 27.8. The molecule has 8 heteroatoms. The average molecular weight is 392 g/mol. The van der Waals surface area contributed by atoms with E-state index in [0.717, 1.165) is 29.7 Å². The van der Waals surface area contributed by atoms with Crippen molar-refractivity contribution < 1.29 is 19.1 Å². The fourth-order valence-electron chi connectivity index (χ4n) is 4.16. The molecule has 2 aliphatic heterocycles. The van der Waals surface area contributed by atoms with Gasteiger partial charge in [-0.3, -0.25) is 4.79 Å². The molecule has 2 saturated carbocycles. The van der Waals surface area contributed by atoms with E-state index < -0.39 is 0 Å². The molecule has 2 aliphatic carbocycles. The molecule has 0 saturated heterocycles. The summed E-state index contributed by atoms with van der Waals surface area (Å²) in [5, 5.41) is 8.75. The zero-order chi connectivity index (χ0) is 19.5. The molecular formula is C21H20N4O4. The molecule has 4 aliphatic rings. The summed E-state index contributed by atoms with van der Waals surface area (Å²) >= 11 is 0. The minimum Gasteiger partial charge on any atom is -0.487 e. The number of hydrogen-bond donors (Lipinski definition) is 3. The van der Waals surface area contributed by atoms with E-state index in [9.17, 15) is 9.59 Å². The molecule has 0 bridgehead atoms. The van der Waals surface area contributed by atoms with E-state index in [1.165, 1.54) is 0 Å². The lowest BCUT2D eigenvalue weighted by molar-refractivity contribution is -0.116. The Bertz CT molecular complexity index is 1040. The molecule has 1 aromatic carbocycles. The van der Waals surface area contributed by atoms with Crippen molar-refractivity contribution in [3.05, 3.63) is 41.6 Å². The zero-order valence-corrected chi connectivity index (χ0v) is 15.6. The molecule has 3 unspecified atom stereocenters. The number of amides is 3. The van der Waals surface area contributed by atoms with Crippen LogP contribution in [0.1, 0.15) is 36.3 Å². The Kier molecular flexibility index (Phi) is 3.50. The van der Waals surface area contributed by atoms with Gasteiger partial charge in [0.2, 0.25) is 5.91 Å². The topological polar surface area (TPSA) is 102 Å². The SMILES string of the molecule is O=C1CCc2c(Oc3ccc4c(c3)C3C(NC(=O)NC5CC5)C3O4)ccnc2N1. The number of ether oxygens (including phenoxy) is 2. The molecule has 1 aromatic heterocycles. The highest BCUT2D eigenvalue weighted by Gasteiger charge is 2.59. The molecule has 0 spiro atoms. The lowest BCUT2D eigenvalue weighted by Gasteiger charge is -2.19. The minimum absolute atomic E-state index is 0.000368. The molecule has 3 N–H and O–H groups in total. The van der Waals surface area contributed by atoms with Crippen LogP contribution in [0.25, 0.3) is 0 Å². The summed E-state index contributed by atoms with van der Waals surface area (Å²) in [5.74, 6) is 2.93. The summed E-state index contributed by atoms with van der Waals surface area (Å²) in [6, 6.07) is 7.79. The van der Waals surface area contributed by atoms with Crippen LogP contribution in [0.5, 0.6) is 17.2 Å². The number of aromatic nitrogens is 1. The van der Waals surface area contributed by atoms with Gasteiger partial charge in [-0.1, -0.05) is 0 Å². The fraction of sp³-hybridized carbons (Fsp3) is 0.381. The van der Waals surface area contributed by atoms with Crippen molar-refractivity contribution in [3.8, 4) is 17.2 Å². The first-order chi connectivity index (χ1) is 14.2. The van der Waals surface area contributed by atoms with Crippen LogP contribution in [-0.4, -0.2) is 35.1 Å². The molecule has 29 heavy (non-hydrogen) atoms. The van der Waals surface area contributed by atoms with Crippen molar-refractivity contribution >= 4 is 17.8 Å². The number of benzene rings is 1. The molecule has 3 atom stereocenters. The van der Waals surface area contributed by atoms with Crippen molar-refractivity contribution in [2.75, 3.05) is 5.32 Å². The van der Waals surface area contributed by atoms with Gasteiger partial charge in [0.25, 0.3) is 0 Å². The lowest BCUT2D eigenvalue weighted by Crippen LogP contribution is -2.40. The van der Waals surface area contributed by atoms with Crippen molar-refractivity contribution in [1.29, 1.82) is 0 Å². The molecule has 2 fully saturated rings. The first kappa shape index (κ1) is 16.6. The second kappa shape index (κ2) is 6.10. The van der Waals surface area contributed by atoms with Gasteiger partial charge in [0.05, 0.1) is 12.0 Å². The number of urea groups is 1. The molecular weight excluding hydrogens is 372 g/mol. The Labute approximate surface area is 167 Å². The van der Waals surface area contributed by atoms with Crippen LogP contribution in [0, 0.1) is 0 Å². The summed E-state index contributed by atoms with van der Waals surface area (Å²) in [6.07, 6.45) is 4.78. The highest BCUT2D eigenvalue weighted by Crippen LogP contribution is 2.54. The van der Waals surface area contributed by atoms with Crippen molar-refractivity contribution in [1.82, 2.24) is 15.6 Å². The predicted molar refractivity (Wildman–Crippen MR) is 103 cm³/mol. The number of hydrogen-bond acceptors (Lipinski definition) is 5. The van der Waals surface area contributed by atoms with Crippen LogP contribution in [0.2, 0.25) is 0 Å². The third-order valence-electron chi connectivity index (χ3n) is 5.87. The first-order valence-electron chi connectivity index (χ1n) is 9.99. The van der Waals surface area contributed by atoms with E-state index in [1.54, 1.807) is 6.20 Å². The number of nitrogens with one attached hydrogen (secondary N) is 3. The van der Waals surface area contributed by atoms with E-state index in [0.29, 0.717) is 36.2 Å². The second-order valence-corrected chi connectivity index (χ2v) is 8.01. The smallest absolute Gasteiger partial charge is 0.315 e. The highest BCUT2D eigenvalue weighted by molar-refractivity contribution is 5.93. The van der Waals surface area contributed by atoms with Crippen molar-refractivity contribution in [2.24, 2.45) is 0 Å². The van der Waals surface area contributed by atoms with Crippen LogP contribution in [-0.2, 0) is 11.2 Å². The third kappa shape index (κ3) is 2.95. The van der Waals surface area contributed by atoms with Crippen LogP contribution in [0.15, 0.2) is 30.5 Å². The molecule has 3 heterocycles. The molecule has 148 valence electrons. The van der Waals surface area contributed by atoms with E-state index in [1.807, 2.05) is 24.3 Å². The second-order valence-electron chi connectivity index (χ2n) is 8.01. The number of nitrogens with zero attached hydrogens (tertiary/aromatic N) is 1. The fourth-order valence-corrected chi connectivity index (χ4v) is 4.16. The van der Waals surface area contributed by atoms with Gasteiger partial charge < -0.3 is 25.4 Å². The van der Waals surface area contributed by atoms with Gasteiger partial charge in [-0.25, -0.2) is 9.78 Å². The van der Waals surface area contributed by atoms with E-state index in [2.05, 4.69) is 20.9 Å². The van der Waals surface area contributed by atoms with Crippen LogP contribution >= 0.6 is 0 Å². The van der Waals surface area contributed by atoms with Gasteiger partial charge in [0, 0.05) is 29.8 Å². The largest absolute Gasteiger partial charge is 0.487 e. The summed E-state index contributed by atoms with van der Waals surface area (Å²) in [7, 11) is 0. The Hall–Kier alpha value is -3.29. The number of carbonyl (C=O) groups is 2. The maximum Gasteiger partial charge on any atom is 0.315 e. The van der Waals surface area contributed by atoms with Crippen LogP contribution < -0.4 is 25.4 Å². The number of carbonyl (C=O) groups excluding carboxylic acids is 2. The predicted octanol–water partition coefficient (Wildman–Crippen LogP) is 2.45. The van der Waals surface area contributed by atoms with Gasteiger partial charge in [-0.05, 0) is 43.5 Å². The van der Waals surface area contributed by atoms with Gasteiger partial charge in [0.1, 0.15) is 29.2 Å². The highest BCUT2D eigenvalue weighted by atomic mass is 16.5. The number of pyridine rings is 1. The third-order valence-corrected chi connectivity index (χ3v) is 5.87. The summed E-state index contributed by atoms with van der Waals surface area (Å²) < 4.78 is 12.1. The lowest BCUT2D eigenvalue weighted by atomic mass is 10.1. The first-order valence-corrected chi connectivity index (χ1v) is 9.99. The summed E-state index contributed by atoms with van der Waals surface area (Å²) in [6.45, 7) is 0. The van der Waals surface area contributed by atoms with E-state index >= 15 is 0 Å². The zero-order valence-electron chi connectivity index (χ0n) is 15.6. The minimum atomic E-state index is -0.116. The van der Waals surface area contributed by atoms with Crippen LogP contribution in [0.4, 0.5) is 10.6 Å². The van der Waals surface area contributed by atoms with Crippen molar-refractivity contribution in [2.45, 2.75) is 49.8 Å². The average Bonchev–Trinajstić information content (AvgIpc) is 3.60. The maximum absolute atomic E-state index is 12.0. The maximum atomic E-state index is 12.0. The van der Waals surface area contributed by atoms with Gasteiger partial charge >= 0.3 is 6.03 Å². The molecule has 6 rings (SSSR count). The number of rotatable bonds is 4. The van der Waals surface area contributed by atoms with Gasteiger partial charge in [-0.2, -0.15) is 0 Å². The Balaban J connectivity index is 1.19. The van der Waals surface area contributed by atoms with E-state index in [4.69, 9.17) is 9.47 Å². The molecule has 8 nitrogen and oxygen atoms in total. The molecule has 0 radical (unpaired) electrons. The normalized spacial score (nSPS) is 25.7. The Morgan fingerprint density at radius 3 is 2.97 bits per heavy atom. The monoisotopic (exact) mass is 392 g/mol. The quantitative estimate of drug-likeness (QED) is 0.742. The Morgan fingerprint density at radius 2 is 2.10 bits per heavy atom. The molecule has 2 aromatic rings. The molecule has 3 amide bonds. The number of anilines is 1. The van der Waals surface area contributed by atoms with Crippen molar-refractivity contribution in [3.63, 3.8) is 0 Å². The standard InChI is InChI=1S/C21H20N4O4/c26-16-6-4-12-15(7-8-22-20(12)24-16)28-11-3-5-14-13(9-11)17-18(19(17)29-14)25-21(27)23-10-1-2-10/h3,5,7-10,17-19H,1-2,4,6H2,(H,22,24,26)(H2,23,25,27). The van der Waals surface area contributed by atoms with Crippen LogP contribution in [0.3, 0.4) is 0 Å².